The minimum Gasteiger partial charge on any atom is -0.350 e. The van der Waals surface area contributed by atoms with Gasteiger partial charge in [0.25, 0.3) is 0 Å². The lowest BCUT2D eigenvalue weighted by atomic mass is 10.1. The summed E-state index contributed by atoms with van der Waals surface area (Å²) in [6.45, 7) is 7.46. The Bertz CT molecular complexity index is 874. The van der Waals surface area contributed by atoms with Crippen molar-refractivity contribution in [3.63, 3.8) is 0 Å². The lowest BCUT2D eigenvalue weighted by molar-refractivity contribution is -0.140. The minimum absolute atomic E-state index is 0.0644. The Morgan fingerprint density at radius 3 is 2.07 bits per heavy atom. The van der Waals surface area contributed by atoms with Gasteiger partial charge >= 0.3 is 0 Å². The van der Waals surface area contributed by atoms with Gasteiger partial charge in [-0.05, 0) is 51.5 Å². The third-order valence-electron chi connectivity index (χ3n) is 4.36. The summed E-state index contributed by atoms with van der Waals surface area (Å²) in [5.41, 5.74) is 0.863. The Labute approximate surface area is 187 Å². The van der Waals surface area contributed by atoms with E-state index in [9.17, 15) is 9.59 Å². The first-order valence-electron chi connectivity index (χ1n) is 9.27. The van der Waals surface area contributed by atoms with Crippen LogP contribution in [-0.2, 0) is 22.6 Å². The van der Waals surface area contributed by atoms with Gasteiger partial charge in [0.2, 0.25) is 11.8 Å². The molecule has 0 unspecified atom stereocenters. The van der Waals surface area contributed by atoms with E-state index in [-0.39, 0.29) is 24.8 Å². The maximum Gasteiger partial charge on any atom is 0.242 e. The first-order chi connectivity index (χ1) is 13.5. The first-order valence-corrected chi connectivity index (χ1v) is 10.4. The van der Waals surface area contributed by atoms with E-state index in [1.165, 1.54) is 4.90 Å². The van der Waals surface area contributed by atoms with Crippen LogP contribution in [0.2, 0.25) is 15.1 Å². The topological polar surface area (TPSA) is 49.4 Å². The van der Waals surface area contributed by atoms with Crippen molar-refractivity contribution in [1.82, 2.24) is 10.2 Å². The summed E-state index contributed by atoms with van der Waals surface area (Å²) in [4.78, 5) is 27.5. The highest BCUT2D eigenvalue weighted by Gasteiger charge is 2.29. The van der Waals surface area contributed by atoms with Gasteiger partial charge in [0, 0.05) is 32.7 Å². The van der Waals surface area contributed by atoms with Crippen molar-refractivity contribution < 1.29 is 9.59 Å². The monoisotopic (exact) mass is 454 g/mol. The summed E-state index contributed by atoms with van der Waals surface area (Å²) in [6, 6.07) is 11.6. The highest BCUT2D eigenvalue weighted by molar-refractivity contribution is 6.36. The van der Waals surface area contributed by atoms with Crippen molar-refractivity contribution in [3.05, 3.63) is 68.7 Å². The number of halogens is 3. The molecule has 0 saturated carbocycles. The molecule has 7 heteroatoms. The third kappa shape index (κ3) is 6.63. The molecule has 1 N–H and O–H groups in total. The molecular formula is C22H25Cl3N2O2. The number of nitrogens with zero attached hydrogens (tertiary/aromatic N) is 1. The molecule has 0 aliphatic rings. The van der Waals surface area contributed by atoms with Crippen LogP contribution in [0.3, 0.4) is 0 Å². The van der Waals surface area contributed by atoms with Crippen LogP contribution in [-0.4, -0.2) is 28.3 Å². The van der Waals surface area contributed by atoms with Gasteiger partial charge in [0.05, 0.1) is 6.42 Å². The Hall–Kier alpha value is -1.75. The Morgan fingerprint density at radius 1 is 0.966 bits per heavy atom. The molecule has 0 saturated heterocycles. The smallest absolute Gasteiger partial charge is 0.242 e. The maximum absolute atomic E-state index is 13.2. The van der Waals surface area contributed by atoms with Gasteiger partial charge in [0.15, 0.2) is 0 Å². The van der Waals surface area contributed by atoms with Gasteiger partial charge in [-0.2, -0.15) is 0 Å². The molecule has 156 valence electrons. The Kier molecular flexibility index (Phi) is 7.98. The van der Waals surface area contributed by atoms with Gasteiger partial charge in [0.1, 0.15) is 6.04 Å². The predicted octanol–water partition coefficient (Wildman–Crippen LogP) is 5.52. The summed E-state index contributed by atoms with van der Waals surface area (Å²) in [5.74, 6) is -0.501. The zero-order chi connectivity index (χ0) is 21.8. The number of hydrogen-bond donors (Lipinski definition) is 1. The van der Waals surface area contributed by atoms with Crippen LogP contribution in [0.4, 0.5) is 0 Å². The fraction of sp³-hybridized carbons (Fsp3) is 0.364. The molecule has 0 aliphatic heterocycles. The van der Waals surface area contributed by atoms with Crippen LogP contribution < -0.4 is 5.32 Å². The van der Waals surface area contributed by atoms with E-state index in [1.807, 2.05) is 26.8 Å². The summed E-state index contributed by atoms with van der Waals surface area (Å²) in [6.07, 6.45) is 0.0644. The van der Waals surface area contributed by atoms with Crippen LogP contribution in [0.1, 0.15) is 38.8 Å². The normalized spacial score (nSPS) is 12.4. The first kappa shape index (κ1) is 23.5. The molecule has 2 aromatic rings. The summed E-state index contributed by atoms with van der Waals surface area (Å²) in [7, 11) is 0. The number of amides is 2. The van der Waals surface area contributed by atoms with Crippen molar-refractivity contribution in [2.24, 2.45) is 0 Å². The highest BCUT2D eigenvalue weighted by Crippen LogP contribution is 2.27. The number of rotatable bonds is 6. The van der Waals surface area contributed by atoms with Gasteiger partial charge in [-0.15, -0.1) is 0 Å². The number of carbonyl (C=O) groups excluding carboxylic acids is 2. The number of carbonyl (C=O) groups is 2. The molecule has 2 amide bonds. The molecule has 0 bridgehead atoms. The molecule has 4 nitrogen and oxygen atoms in total. The van der Waals surface area contributed by atoms with Crippen molar-refractivity contribution in [2.45, 2.75) is 52.2 Å². The van der Waals surface area contributed by atoms with Crippen LogP contribution >= 0.6 is 34.8 Å². The van der Waals surface area contributed by atoms with Gasteiger partial charge in [-0.3, -0.25) is 9.59 Å². The van der Waals surface area contributed by atoms with E-state index in [0.717, 1.165) is 0 Å². The largest absolute Gasteiger partial charge is 0.350 e. The molecule has 29 heavy (non-hydrogen) atoms. The summed E-state index contributed by atoms with van der Waals surface area (Å²) in [5, 5.41) is 4.31. The Balaban J connectivity index is 2.35. The standard InChI is InChI=1S/C22H25Cl3N2O2/c1-14(21(29)26-22(2,3)4)27(13-16-18(24)10-7-11-19(16)25)20(28)12-15-8-5-6-9-17(15)23/h5-11,14H,12-13H2,1-4H3,(H,26,29)/t14-/m1/s1. The third-order valence-corrected chi connectivity index (χ3v) is 5.43. The Morgan fingerprint density at radius 2 is 1.52 bits per heavy atom. The van der Waals surface area contributed by atoms with Crippen molar-refractivity contribution in [3.8, 4) is 0 Å². The predicted molar refractivity (Wildman–Crippen MR) is 120 cm³/mol. The van der Waals surface area contributed by atoms with Crippen LogP contribution in [0.15, 0.2) is 42.5 Å². The van der Waals surface area contributed by atoms with Crippen LogP contribution in [0, 0.1) is 0 Å². The van der Waals surface area contributed by atoms with E-state index < -0.39 is 11.6 Å². The molecule has 0 aliphatic carbocycles. The fourth-order valence-electron chi connectivity index (χ4n) is 2.82. The molecule has 1 atom stereocenters. The quantitative estimate of drug-likeness (QED) is 0.623. The average molecular weight is 456 g/mol. The van der Waals surface area contributed by atoms with E-state index in [1.54, 1.807) is 43.3 Å². The zero-order valence-electron chi connectivity index (χ0n) is 16.9. The molecule has 0 fully saturated rings. The molecule has 0 aromatic heterocycles. The fourth-order valence-corrected chi connectivity index (χ4v) is 3.54. The maximum atomic E-state index is 13.2. The van der Waals surface area contributed by atoms with Gasteiger partial charge in [-0.25, -0.2) is 0 Å². The molecule has 2 aromatic carbocycles. The molecule has 0 spiro atoms. The molecule has 0 heterocycles. The van der Waals surface area contributed by atoms with E-state index in [2.05, 4.69) is 5.32 Å². The van der Waals surface area contributed by atoms with Crippen LogP contribution in [0.25, 0.3) is 0 Å². The second-order valence-electron chi connectivity index (χ2n) is 7.91. The minimum atomic E-state index is -0.725. The molecule has 2 rings (SSSR count). The van der Waals surface area contributed by atoms with Gasteiger partial charge in [-0.1, -0.05) is 59.1 Å². The lowest BCUT2D eigenvalue weighted by Gasteiger charge is -2.32. The van der Waals surface area contributed by atoms with Crippen molar-refractivity contribution in [2.75, 3.05) is 0 Å². The summed E-state index contributed by atoms with van der Waals surface area (Å²) >= 11 is 18.8. The van der Waals surface area contributed by atoms with Crippen LogP contribution in [0.5, 0.6) is 0 Å². The second-order valence-corrected chi connectivity index (χ2v) is 9.13. The van der Waals surface area contributed by atoms with Crippen molar-refractivity contribution in [1.29, 1.82) is 0 Å². The SMILES string of the molecule is C[C@H](C(=O)NC(C)(C)C)N(Cc1c(Cl)cccc1Cl)C(=O)Cc1ccccc1Cl. The molecular weight excluding hydrogens is 431 g/mol. The zero-order valence-corrected chi connectivity index (χ0v) is 19.2. The summed E-state index contributed by atoms with van der Waals surface area (Å²) < 4.78 is 0. The van der Waals surface area contributed by atoms with E-state index in [0.29, 0.717) is 26.2 Å². The average Bonchev–Trinajstić information content (AvgIpc) is 2.61. The second kappa shape index (κ2) is 9.84. The number of benzene rings is 2. The van der Waals surface area contributed by atoms with Gasteiger partial charge < -0.3 is 10.2 Å². The molecule has 0 radical (unpaired) electrons. The van der Waals surface area contributed by atoms with Crippen molar-refractivity contribution >= 4 is 46.6 Å². The highest BCUT2D eigenvalue weighted by atomic mass is 35.5. The number of nitrogens with one attached hydrogen (secondary N) is 1. The van der Waals surface area contributed by atoms with E-state index in [4.69, 9.17) is 34.8 Å². The van der Waals surface area contributed by atoms with E-state index >= 15 is 0 Å². The number of hydrogen-bond acceptors (Lipinski definition) is 2. The lowest BCUT2D eigenvalue weighted by Crippen LogP contribution is -2.52.